The summed E-state index contributed by atoms with van der Waals surface area (Å²) in [6, 6.07) is 0. The normalized spacial score (nSPS) is 11.5. The van der Waals surface area contributed by atoms with E-state index in [1.54, 1.807) is 7.05 Å². The molecule has 11 heavy (non-hydrogen) atoms. The fourth-order valence-corrected chi connectivity index (χ4v) is 1.11. The third-order valence-electron chi connectivity index (χ3n) is 1.21. The summed E-state index contributed by atoms with van der Waals surface area (Å²) in [6.45, 7) is 0.523. The summed E-state index contributed by atoms with van der Waals surface area (Å²) in [6.07, 6.45) is 0. The maximum Gasteiger partial charge on any atom is 0.197 e. The van der Waals surface area contributed by atoms with Gasteiger partial charge in [-0.15, -0.1) is 0 Å². The molecule has 0 aromatic heterocycles. The van der Waals surface area contributed by atoms with Crippen LogP contribution in [0.4, 0.5) is 0 Å². The van der Waals surface area contributed by atoms with Crippen molar-refractivity contribution < 1.29 is 4.52 Å². The van der Waals surface area contributed by atoms with Crippen LogP contribution < -0.4 is 0 Å². The van der Waals surface area contributed by atoms with Crippen molar-refractivity contribution in [1.82, 2.24) is 9.80 Å². The Labute approximate surface area is 70.5 Å². The highest BCUT2D eigenvalue weighted by atomic mass is 31.0. The molecule has 0 aliphatic rings. The zero-order valence-corrected chi connectivity index (χ0v) is 8.69. The van der Waals surface area contributed by atoms with E-state index < -0.39 is 0 Å². The molecule has 0 spiro atoms. The van der Waals surface area contributed by atoms with Crippen molar-refractivity contribution in [3.8, 4) is 0 Å². The fourth-order valence-electron chi connectivity index (χ4n) is 0.882. The molecule has 0 radical (unpaired) electrons. The Morgan fingerprint density at radius 1 is 1.45 bits per heavy atom. The van der Waals surface area contributed by atoms with E-state index >= 15 is 0 Å². The highest BCUT2D eigenvalue weighted by molar-refractivity contribution is 7.09. The Morgan fingerprint density at radius 3 is 2.27 bits per heavy atom. The van der Waals surface area contributed by atoms with Crippen LogP contribution in [0.5, 0.6) is 0 Å². The first-order chi connectivity index (χ1) is 5.13. The smallest absolute Gasteiger partial charge is 0.197 e. The first-order valence-corrected chi connectivity index (χ1v) is 3.77. The topological polar surface area (TPSA) is 28.1 Å². The van der Waals surface area contributed by atoms with Crippen LogP contribution in [0, 0.1) is 0 Å². The van der Waals surface area contributed by atoms with Gasteiger partial charge in [-0.25, -0.2) is 0 Å². The van der Waals surface area contributed by atoms with E-state index in [9.17, 15) is 0 Å². The van der Waals surface area contributed by atoms with Crippen molar-refractivity contribution in [1.29, 1.82) is 0 Å². The molecule has 5 heteroatoms. The number of nitrogens with zero attached hydrogens (tertiary/aromatic N) is 3. The van der Waals surface area contributed by atoms with Crippen molar-refractivity contribution in [3.05, 3.63) is 0 Å². The molecule has 0 bridgehead atoms. The van der Waals surface area contributed by atoms with E-state index in [0.717, 1.165) is 5.96 Å². The number of hydrogen-bond acceptors (Lipinski definition) is 2. The largest absolute Gasteiger partial charge is 0.349 e. The molecule has 1 unspecified atom stereocenters. The van der Waals surface area contributed by atoms with Crippen LogP contribution in [0.1, 0.15) is 0 Å². The molecule has 0 rings (SSSR count). The summed E-state index contributed by atoms with van der Waals surface area (Å²) >= 11 is 0. The van der Waals surface area contributed by atoms with Crippen molar-refractivity contribution in [3.63, 3.8) is 0 Å². The maximum absolute atomic E-state index is 4.87. The van der Waals surface area contributed by atoms with Gasteiger partial charge in [0.15, 0.2) is 5.96 Å². The average Bonchev–Trinajstić information content (AvgIpc) is 1.88. The van der Waals surface area contributed by atoms with Gasteiger partial charge in [-0.3, -0.25) is 4.99 Å². The number of aliphatic imine (C=N–C) groups is 1. The van der Waals surface area contributed by atoms with Crippen LogP contribution in [-0.4, -0.2) is 50.7 Å². The predicted octanol–water partition coefficient (Wildman–Crippen LogP) is 0.230. The molecule has 4 nitrogen and oxygen atoms in total. The molecular formula is C6H16N3OP. The van der Waals surface area contributed by atoms with E-state index in [1.165, 1.54) is 0 Å². The average molecular weight is 177 g/mol. The molecule has 0 saturated heterocycles. The van der Waals surface area contributed by atoms with E-state index in [1.807, 2.05) is 30.9 Å². The Morgan fingerprint density at radius 2 is 2.00 bits per heavy atom. The molecule has 0 aliphatic heterocycles. The van der Waals surface area contributed by atoms with E-state index in [2.05, 4.69) is 14.5 Å². The third-order valence-corrected chi connectivity index (χ3v) is 1.36. The van der Waals surface area contributed by atoms with Crippen LogP contribution in [0.2, 0.25) is 0 Å². The Hall–Kier alpha value is -0.340. The Kier molecular flexibility index (Phi) is 5.16. The van der Waals surface area contributed by atoms with Crippen molar-refractivity contribution in [2.75, 3.05) is 34.9 Å². The van der Waals surface area contributed by atoms with Gasteiger partial charge in [-0.2, -0.15) is 0 Å². The highest BCUT2D eigenvalue weighted by Gasteiger charge is 2.05. The molecule has 0 N–H and O–H groups in total. The van der Waals surface area contributed by atoms with Gasteiger partial charge in [0, 0.05) is 37.7 Å². The van der Waals surface area contributed by atoms with Gasteiger partial charge < -0.3 is 14.3 Å². The minimum Gasteiger partial charge on any atom is -0.349 e. The molecule has 0 heterocycles. The highest BCUT2D eigenvalue weighted by Crippen LogP contribution is 1.94. The lowest BCUT2D eigenvalue weighted by atomic mass is 10.7. The molecule has 0 saturated carbocycles. The van der Waals surface area contributed by atoms with Gasteiger partial charge in [-0.1, -0.05) is 0 Å². The van der Waals surface area contributed by atoms with Crippen LogP contribution in [0.15, 0.2) is 4.99 Å². The zero-order chi connectivity index (χ0) is 8.85. The number of rotatable bonds is 2. The van der Waals surface area contributed by atoms with Gasteiger partial charge in [0.25, 0.3) is 0 Å². The quantitative estimate of drug-likeness (QED) is 0.261. The molecule has 66 valence electrons. The fraction of sp³-hybridized carbons (Fsp3) is 0.833. The summed E-state index contributed by atoms with van der Waals surface area (Å²) in [5.74, 6) is 0.896. The second kappa shape index (κ2) is 5.33. The number of guanidine groups is 1. The van der Waals surface area contributed by atoms with Crippen LogP contribution >= 0.6 is 9.47 Å². The second-order valence-electron chi connectivity index (χ2n) is 2.41. The van der Waals surface area contributed by atoms with Crippen molar-refractivity contribution in [2.24, 2.45) is 4.99 Å². The van der Waals surface area contributed by atoms with Crippen LogP contribution in [-0.2, 0) is 4.52 Å². The van der Waals surface area contributed by atoms with Gasteiger partial charge in [0.2, 0.25) is 0 Å². The first kappa shape index (κ1) is 10.7. The molecule has 0 fully saturated rings. The molecule has 1 atom stereocenters. The summed E-state index contributed by atoms with van der Waals surface area (Å²) < 4.78 is 4.87. The van der Waals surface area contributed by atoms with Gasteiger partial charge >= 0.3 is 0 Å². The summed E-state index contributed by atoms with van der Waals surface area (Å²) in [5, 5.41) is 0. The predicted molar refractivity (Wildman–Crippen MR) is 50.5 cm³/mol. The summed E-state index contributed by atoms with van der Waals surface area (Å²) in [4.78, 5) is 7.93. The Bertz CT molecular complexity index is 138. The third kappa shape index (κ3) is 3.54. The standard InChI is InChI=1S/C6H16N3OP/c1-7-6(8(2)3)9(4)5-10-11/h5,11H2,1-4H3. The van der Waals surface area contributed by atoms with Crippen LogP contribution in [0.25, 0.3) is 0 Å². The van der Waals surface area contributed by atoms with Gasteiger partial charge in [0.1, 0.15) is 6.73 Å². The van der Waals surface area contributed by atoms with E-state index in [0.29, 0.717) is 6.73 Å². The van der Waals surface area contributed by atoms with E-state index in [-0.39, 0.29) is 0 Å². The van der Waals surface area contributed by atoms with Gasteiger partial charge in [0.05, 0.1) is 0 Å². The SMILES string of the molecule is CN=C(N(C)C)N(C)COP. The lowest BCUT2D eigenvalue weighted by molar-refractivity contribution is 0.231. The monoisotopic (exact) mass is 177 g/mol. The van der Waals surface area contributed by atoms with E-state index in [4.69, 9.17) is 4.52 Å². The van der Waals surface area contributed by atoms with Crippen molar-refractivity contribution >= 4 is 15.4 Å². The molecule has 0 amide bonds. The first-order valence-electron chi connectivity index (χ1n) is 3.30. The lowest BCUT2D eigenvalue weighted by Gasteiger charge is -2.24. The maximum atomic E-state index is 4.87. The Balaban J connectivity index is 4.04. The minimum absolute atomic E-state index is 0.523. The van der Waals surface area contributed by atoms with Crippen molar-refractivity contribution in [2.45, 2.75) is 0 Å². The summed E-state index contributed by atoms with van der Waals surface area (Å²) in [5.41, 5.74) is 0. The lowest BCUT2D eigenvalue weighted by Crippen LogP contribution is -2.38. The zero-order valence-electron chi connectivity index (χ0n) is 7.53. The second-order valence-corrected chi connectivity index (χ2v) is 2.75. The molecule has 0 aromatic carbocycles. The molecular weight excluding hydrogens is 161 g/mol. The molecule has 0 aliphatic carbocycles. The van der Waals surface area contributed by atoms with Crippen LogP contribution in [0.3, 0.4) is 0 Å². The number of hydrogen-bond donors (Lipinski definition) is 0. The molecule has 0 aromatic rings. The summed E-state index contributed by atoms with van der Waals surface area (Å²) in [7, 11) is 9.78. The van der Waals surface area contributed by atoms with Gasteiger partial charge in [-0.05, 0) is 0 Å². The minimum atomic E-state index is 0.523.